The molecular weight excluding hydrogens is 582 g/mol. The van der Waals surface area contributed by atoms with E-state index in [9.17, 15) is 19.5 Å². The summed E-state index contributed by atoms with van der Waals surface area (Å²) in [5.41, 5.74) is 2.86. The third-order valence-corrected chi connectivity index (χ3v) is 7.19. The Hall–Kier alpha value is -5.40. The Morgan fingerprint density at radius 3 is 2.38 bits per heavy atom. The number of nitrogens with zero attached hydrogens (tertiary/aromatic N) is 4. The lowest BCUT2D eigenvalue weighted by Crippen LogP contribution is -2.46. The van der Waals surface area contributed by atoms with Crippen molar-refractivity contribution in [1.29, 1.82) is 0 Å². The van der Waals surface area contributed by atoms with Gasteiger partial charge in [0.1, 0.15) is 18.5 Å². The number of hydrogen-bond acceptors (Lipinski definition) is 9. The molecule has 0 aliphatic carbocycles. The number of aromatic nitrogens is 4. The SMILES string of the molecule is CC(=O)O.Cc1cn(C[C@H](NC(=O)OCc2ccccc2)C(=O)O)c(=O)nc1N1CCC(CNc2nc3ccccc3[nH]2)CC1. The summed E-state index contributed by atoms with van der Waals surface area (Å²) in [4.78, 5) is 60.1. The zero-order valence-electron chi connectivity index (χ0n) is 25.1. The predicted molar refractivity (Wildman–Crippen MR) is 167 cm³/mol. The Bertz CT molecular complexity index is 1630. The standard InChI is InChI=1S/C29H33N7O5.C2H4O2/c1-19-16-36(17-24(26(37)38)33-29(40)41-18-21-7-3-2-4-8-21)28(39)34-25(19)35-13-11-20(12-14-35)15-30-27-31-22-9-5-6-10-23(22)32-27;1-2(3)4/h2-10,16,20,24H,11-15,17-18H2,1H3,(H,33,40)(H,37,38)(H2,30,31,32);1H3,(H,3,4)/t24-;/m0./s1. The zero-order chi connectivity index (χ0) is 32.3. The molecule has 1 aliphatic rings. The van der Waals surface area contributed by atoms with E-state index in [4.69, 9.17) is 14.6 Å². The number of piperidine rings is 1. The quantitative estimate of drug-likeness (QED) is 0.175. The maximum Gasteiger partial charge on any atom is 0.408 e. The molecule has 2 aromatic carbocycles. The monoisotopic (exact) mass is 619 g/mol. The minimum Gasteiger partial charge on any atom is -0.481 e. The first kappa shape index (κ1) is 32.5. The summed E-state index contributed by atoms with van der Waals surface area (Å²) in [5.74, 6) is -0.316. The van der Waals surface area contributed by atoms with Crippen LogP contribution in [0.3, 0.4) is 0 Å². The van der Waals surface area contributed by atoms with Crippen molar-refractivity contribution in [3.05, 3.63) is 82.4 Å². The number of carboxylic acid groups (broad SMARTS) is 2. The van der Waals surface area contributed by atoms with Gasteiger partial charge in [0.25, 0.3) is 5.97 Å². The molecule has 0 radical (unpaired) electrons. The molecule has 0 spiro atoms. The Morgan fingerprint density at radius 2 is 1.71 bits per heavy atom. The molecule has 5 rings (SSSR count). The Kier molecular flexibility index (Phi) is 11.1. The number of amides is 1. The van der Waals surface area contributed by atoms with E-state index in [2.05, 4.69) is 30.5 Å². The lowest BCUT2D eigenvalue weighted by Gasteiger charge is -2.33. The van der Waals surface area contributed by atoms with Crippen LogP contribution in [0.2, 0.25) is 0 Å². The molecule has 3 heterocycles. The minimum absolute atomic E-state index is 0.000973. The summed E-state index contributed by atoms with van der Waals surface area (Å²) in [6.45, 7) is 4.93. The molecule has 0 unspecified atom stereocenters. The molecule has 238 valence electrons. The number of fused-ring (bicyclic) bond motifs is 1. The third-order valence-electron chi connectivity index (χ3n) is 7.19. The van der Waals surface area contributed by atoms with Crippen LogP contribution in [0.1, 0.15) is 30.9 Å². The van der Waals surface area contributed by atoms with Crippen molar-refractivity contribution in [2.24, 2.45) is 5.92 Å². The first-order valence-electron chi connectivity index (χ1n) is 14.5. The number of hydrogen-bond donors (Lipinski definition) is 5. The lowest BCUT2D eigenvalue weighted by molar-refractivity contribution is -0.139. The predicted octanol–water partition coefficient (Wildman–Crippen LogP) is 3.23. The van der Waals surface area contributed by atoms with Crippen molar-refractivity contribution >= 4 is 40.8 Å². The van der Waals surface area contributed by atoms with Gasteiger partial charge in [0.2, 0.25) is 5.95 Å². The Labute approximate surface area is 259 Å². The van der Waals surface area contributed by atoms with E-state index in [1.54, 1.807) is 18.3 Å². The number of alkyl carbamates (subject to hydrolysis) is 1. The van der Waals surface area contributed by atoms with Crippen LogP contribution in [0, 0.1) is 12.8 Å². The number of rotatable bonds is 10. The van der Waals surface area contributed by atoms with Crippen LogP contribution in [0.4, 0.5) is 16.6 Å². The minimum atomic E-state index is -1.36. The summed E-state index contributed by atoms with van der Waals surface area (Å²) in [6.07, 6.45) is 2.56. The van der Waals surface area contributed by atoms with Crippen molar-refractivity contribution < 1.29 is 29.3 Å². The number of benzene rings is 2. The fourth-order valence-electron chi connectivity index (χ4n) is 4.96. The van der Waals surface area contributed by atoms with Crippen molar-refractivity contribution in [1.82, 2.24) is 24.8 Å². The summed E-state index contributed by atoms with van der Waals surface area (Å²) >= 11 is 0. The number of H-pyrrole nitrogens is 1. The highest BCUT2D eigenvalue weighted by molar-refractivity contribution is 5.80. The summed E-state index contributed by atoms with van der Waals surface area (Å²) in [5, 5.41) is 22.8. The summed E-state index contributed by atoms with van der Waals surface area (Å²) in [7, 11) is 0. The molecule has 0 bridgehead atoms. The number of para-hydroxylation sites is 2. The molecular formula is C31H37N7O7. The highest BCUT2D eigenvalue weighted by Crippen LogP contribution is 2.24. The van der Waals surface area contributed by atoms with E-state index in [0.29, 0.717) is 11.7 Å². The number of anilines is 2. The van der Waals surface area contributed by atoms with E-state index >= 15 is 0 Å². The molecule has 2 aromatic heterocycles. The molecule has 45 heavy (non-hydrogen) atoms. The maximum absolute atomic E-state index is 12.9. The molecule has 1 aliphatic heterocycles. The number of aromatic amines is 1. The highest BCUT2D eigenvalue weighted by Gasteiger charge is 2.25. The van der Waals surface area contributed by atoms with Crippen LogP contribution < -0.4 is 21.2 Å². The van der Waals surface area contributed by atoms with Gasteiger partial charge >= 0.3 is 17.8 Å². The van der Waals surface area contributed by atoms with Crippen LogP contribution in [-0.4, -0.2) is 73.4 Å². The van der Waals surface area contributed by atoms with Gasteiger partial charge in [0.15, 0.2) is 0 Å². The average molecular weight is 620 g/mol. The van der Waals surface area contributed by atoms with E-state index in [1.165, 1.54) is 4.57 Å². The molecule has 1 amide bonds. The van der Waals surface area contributed by atoms with Gasteiger partial charge in [-0.2, -0.15) is 4.98 Å². The fraction of sp³-hybridized carbons (Fsp3) is 0.355. The third kappa shape index (κ3) is 9.55. The fourth-order valence-corrected chi connectivity index (χ4v) is 4.96. The molecule has 1 fully saturated rings. The maximum atomic E-state index is 12.9. The Morgan fingerprint density at radius 1 is 1.04 bits per heavy atom. The van der Waals surface area contributed by atoms with Crippen LogP contribution in [-0.2, 0) is 27.5 Å². The number of carbonyl (C=O) groups is 3. The molecule has 14 nitrogen and oxygen atoms in total. The first-order valence-corrected chi connectivity index (χ1v) is 14.5. The van der Waals surface area contributed by atoms with Crippen molar-refractivity contribution in [2.75, 3.05) is 29.9 Å². The van der Waals surface area contributed by atoms with Gasteiger partial charge in [-0.3, -0.25) is 9.36 Å². The molecule has 1 saturated heterocycles. The smallest absolute Gasteiger partial charge is 0.408 e. The number of aliphatic carboxylic acids is 2. The number of nitrogens with one attached hydrogen (secondary N) is 3. The van der Waals surface area contributed by atoms with Crippen molar-refractivity contribution in [3.8, 4) is 0 Å². The molecule has 5 N–H and O–H groups in total. The molecule has 0 saturated carbocycles. The van der Waals surface area contributed by atoms with Crippen molar-refractivity contribution in [3.63, 3.8) is 0 Å². The second-order valence-corrected chi connectivity index (χ2v) is 10.7. The Balaban J connectivity index is 0.00000109. The number of aryl methyl sites for hydroxylation is 1. The van der Waals surface area contributed by atoms with Crippen LogP contribution in [0.15, 0.2) is 65.6 Å². The van der Waals surface area contributed by atoms with E-state index < -0.39 is 29.8 Å². The van der Waals surface area contributed by atoms with E-state index in [-0.39, 0.29) is 13.2 Å². The summed E-state index contributed by atoms with van der Waals surface area (Å²) in [6, 6.07) is 15.6. The second kappa shape index (κ2) is 15.4. The van der Waals surface area contributed by atoms with E-state index in [0.717, 1.165) is 67.5 Å². The first-order chi connectivity index (χ1) is 21.6. The van der Waals surface area contributed by atoms with Gasteiger partial charge in [-0.05, 0) is 43.4 Å². The van der Waals surface area contributed by atoms with Crippen LogP contribution >= 0.6 is 0 Å². The number of carbonyl (C=O) groups excluding carboxylic acids is 1. The highest BCUT2D eigenvalue weighted by atomic mass is 16.5. The molecule has 4 aromatic rings. The lowest BCUT2D eigenvalue weighted by atomic mass is 9.96. The second-order valence-electron chi connectivity index (χ2n) is 10.7. The van der Waals surface area contributed by atoms with Gasteiger partial charge in [-0.15, -0.1) is 0 Å². The average Bonchev–Trinajstić information content (AvgIpc) is 3.44. The van der Waals surface area contributed by atoms with Gasteiger partial charge in [0.05, 0.1) is 17.6 Å². The van der Waals surface area contributed by atoms with Crippen molar-refractivity contribution in [2.45, 2.75) is 45.9 Å². The topological polar surface area (TPSA) is 192 Å². The van der Waals surface area contributed by atoms with E-state index in [1.807, 2.05) is 49.4 Å². The number of ether oxygens (including phenoxy) is 1. The zero-order valence-corrected chi connectivity index (χ0v) is 25.1. The molecule has 1 atom stereocenters. The number of carboxylic acids is 2. The summed E-state index contributed by atoms with van der Waals surface area (Å²) < 4.78 is 6.34. The largest absolute Gasteiger partial charge is 0.481 e. The van der Waals surface area contributed by atoms with Crippen LogP contribution in [0.5, 0.6) is 0 Å². The molecule has 14 heteroatoms. The number of imidazole rings is 1. The van der Waals surface area contributed by atoms with Gasteiger partial charge in [-0.25, -0.2) is 19.4 Å². The van der Waals surface area contributed by atoms with Gasteiger partial charge < -0.3 is 35.5 Å². The van der Waals surface area contributed by atoms with Gasteiger partial charge in [0, 0.05) is 38.3 Å². The van der Waals surface area contributed by atoms with Crippen LogP contribution in [0.25, 0.3) is 11.0 Å². The normalized spacial score (nSPS) is 13.8. The van der Waals surface area contributed by atoms with Gasteiger partial charge in [-0.1, -0.05) is 42.5 Å².